The summed E-state index contributed by atoms with van der Waals surface area (Å²) in [5.74, 6) is 0.942. The first-order valence-corrected chi connectivity index (χ1v) is 4.81. The quantitative estimate of drug-likeness (QED) is 0.683. The van der Waals surface area contributed by atoms with Gasteiger partial charge in [-0.3, -0.25) is 4.79 Å². The van der Waals surface area contributed by atoms with Crippen molar-refractivity contribution < 1.29 is 9.53 Å². The van der Waals surface area contributed by atoms with Gasteiger partial charge in [-0.25, -0.2) is 0 Å². The highest BCUT2D eigenvalue weighted by Crippen LogP contribution is 2.01. The third kappa shape index (κ3) is 7.78. The highest BCUT2D eigenvalue weighted by molar-refractivity contribution is 5.76. The number of hydrogen-bond acceptors (Lipinski definition) is 2. The topological polar surface area (TPSA) is 38.3 Å². The van der Waals surface area contributed by atoms with Crippen LogP contribution in [0.2, 0.25) is 0 Å². The Morgan fingerprint density at radius 1 is 1.38 bits per heavy atom. The molecule has 0 saturated carbocycles. The minimum Gasteiger partial charge on any atom is -0.384 e. The molecule has 0 radical (unpaired) electrons. The fourth-order valence-electron chi connectivity index (χ4n) is 1.05. The van der Waals surface area contributed by atoms with Crippen molar-refractivity contribution in [3.05, 3.63) is 0 Å². The van der Waals surface area contributed by atoms with Crippen molar-refractivity contribution in [2.24, 2.45) is 11.8 Å². The molecule has 0 aromatic heterocycles. The zero-order valence-corrected chi connectivity index (χ0v) is 9.09. The van der Waals surface area contributed by atoms with E-state index in [9.17, 15) is 4.79 Å². The van der Waals surface area contributed by atoms with Crippen LogP contribution in [-0.2, 0) is 9.53 Å². The number of ether oxygens (including phenoxy) is 1. The zero-order valence-electron chi connectivity index (χ0n) is 9.09. The van der Waals surface area contributed by atoms with Crippen LogP contribution in [0.3, 0.4) is 0 Å². The molecule has 3 nitrogen and oxygen atoms in total. The van der Waals surface area contributed by atoms with Gasteiger partial charge in [-0.05, 0) is 11.8 Å². The van der Waals surface area contributed by atoms with Crippen LogP contribution in [-0.4, -0.2) is 26.2 Å². The molecule has 1 unspecified atom stereocenters. The zero-order chi connectivity index (χ0) is 10.3. The van der Waals surface area contributed by atoms with Crippen molar-refractivity contribution in [3.8, 4) is 0 Å². The predicted molar refractivity (Wildman–Crippen MR) is 53.5 cm³/mol. The van der Waals surface area contributed by atoms with Gasteiger partial charge in [-0.2, -0.15) is 0 Å². The molecular weight excluding hydrogens is 166 g/mol. The Kier molecular flexibility index (Phi) is 6.59. The van der Waals surface area contributed by atoms with Gasteiger partial charge in [0.25, 0.3) is 0 Å². The van der Waals surface area contributed by atoms with E-state index in [1.54, 1.807) is 7.11 Å². The summed E-state index contributed by atoms with van der Waals surface area (Å²) in [5.41, 5.74) is 0. The lowest BCUT2D eigenvalue weighted by Crippen LogP contribution is -2.29. The predicted octanol–water partition coefficient (Wildman–Crippen LogP) is 1.43. The second kappa shape index (κ2) is 6.89. The molecule has 1 N–H and O–H groups in total. The molecule has 0 rings (SSSR count). The van der Waals surface area contributed by atoms with Crippen molar-refractivity contribution in [2.45, 2.75) is 27.2 Å². The Morgan fingerprint density at radius 3 is 2.46 bits per heavy atom. The minimum absolute atomic E-state index is 0.123. The van der Waals surface area contributed by atoms with Crippen LogP contribution in [0.4, 0.5) is 0 Å². The van der Waals surface area contributed by atoms with Crippen molar-refractivity contribution in [3.63, 3.8) is 0 Å². The van der Waals surface area contributed by atoms with Crippen LogP contribution in [0.25, 0.3) is 0 Å². The first-order chi connectivity index (χ1) is 6.06. The third-order valence-electron chi connectivity index (χ3n) is 1.69. The van der Waals surface area contributed by atoms with Crippen LogP contribution in [0, 0.1) is 11.8 Å². The lowest BCUT2D eigenvalue weighted by Gasteiger charge is -2.11. The van der Waals surface area contributed by atoms with Crippen LogP contribution in [0.5, 0.6) is 0 Å². The average molecular weight is 187 g/mol. The maximum absolute atomic E-state index is 11.3. The molecule has 0 aliphatic heterocycles. The molecule has 0 aromatic carbocycles. The number of hydrogen-bond donors (Lipinski definition) is 1. The molecule has 0 aliphatic rings. The maximum Gasteiger partial charge on any atom is 0.220 e. The molecule has 13 heavy (non-hydrogen) atoms. The van der Waals surface area contributed by atoms with Crippen LogP contribution >= 0.6 is 0 Å². The van der Waals surface area contributed by atoms with Gasteiger partial charge in [0.2, 0.25) is 5.91 Å². The van der Waals surface area contributed by atoms with E-state index in [4.69, 9.17) is 4.74 Å². The van der Waals surface area contributed by atoms with E-state index in [-0.39, 0.29) is 5.91 Å². The first-order valence-electron chi connectivity index (χ1n) is 4.81. The largest absolute Gasteiger partial charge is 0.384 e. The minimum atomic E-state index is 0.123. The van der Waals surface area contributed by atoms with Crippen LogP contribution < -0.4 is 5.32 Å². The highest BCUT2D eigenvalue weighted by Gasteiger charge is 2.08. The Bertz CT molecular complexity index is 146. The van der Waals surface area contributed by atoms with E-state index < -0.39 is 0 Å². The molecule has 0 bridgehead atoms. The molecule has 0 saturated heterocycles. The van der Waals surface area contributed by atoms with Gasteiger partial charge in [0.05, 0.1) is 0 Å². The Morgan fingerprint density at radius 2 is 2.00 bits per heavy atom. The van der Waals surface area contributed by atoms with Crippen LogP contribution in [0.15, 0.2) is 0 Å². The summed E-state index contributed by atoms with van der Waals surface area (Å²) in [6.45, 7) is 7.59. The van der Waals surface area contributed by atoms with Gasteiger partial charge in [0.1, 0.15) is 0 Å². The van der Waals surface area contributed by atoms with E-state index in [1.165, 1.54) is 0 Å². The van der Waals surface area contributed by atoms with E-state index in [1.807, 2.05) is 6.92 Å². The van der Waals surface area contributed by atoms with Gasteiger partial charge in [0, 0.05) is 26.7 Å². The van der Waals surface area contributed by atoms with Crippen molar-refractivity contribution in [1.29, 1.82) is 0 Å². The number of nitrogens with one attached hydrogen (secondary N) is 1. The molecule has 0 heterocycles. The Hall–Kier alpha value is -0.570. The highest BCUT2D eigenvalue weighted by atomic mass is 16.5. The molecule has 0 fully saturated rings. The summed E-state index contributed by atoms with van der Waals surface area (Å²) in [5, 5.41) is 2.88. The number of methoxy groups -OCH3 is 1. The Balaban J connectivity index is 3.50. The third-order valence-corrected chi connectivity index (χ3v) is 1.69. The summed E-state index contributed by atoms with van der Waals surface area (Å²) in [6, 6.07) is 0. The fourth-order valence-corrected chi connectivity index (χ4v) is 1.05. The molecule has 0 spiro atoms. The first kappa shape index (κ1) is 12.4. The SMILES string of the molecule is COCC(C)CC(=O)NCC(C)C. The average Bonchev–Trinajstić information content (AvgIpc) is 2.01. The molecule has 3 heteroatoms. The molecule has 78 valence electrons. The monoisotopic (exact) mass is 187 g/mol. The van der Waals surface area contributed by atoms with Gasteiger partial charge in [-0.1, -0.05) is 20.8 Å². The van der Waals surface area contributed by atoms with Crippen LogP contribution in [0.1, 0.15) is 27.2 Å². The number of carbonyl (C=O) groups excluding carboxylic acids is 1. The summed E-state index contributed by atoms with van der Waals surface area (Å²) >= 11 is 0. The van der Waals surface area contributed by atoms with E-state index in [0.29, 0.717) is 24.9 Å². The molecule has 0 aromatic rings. The van der Waals surface area contributed by atoms with E-state index in [0.717, 1.165) is 6.54 Å². The number of carbonyl (C=O) groups is 1. The molecule has 1 amide bonds. The standard InChI is InChI=1S/C10H21NO2/c1-8(2)6-11-10(12)5-9(3)7-13-4/h8-9H,5-7H2,1-4H3,(H,11,12). The second-order valence-corrected chi connectivity index (χ2v) is 3.96. The van der Waals surface area contributed by atoms with Gasteiger partial charge >= 0.3 is 0 Å². The van der Waals surface area contributed by atoms with E-state index in [2.05, 4.69) is 19.2 Å². The lowest BCUT2D eigenvalue weighted by molar-refractivity contribution is -0.122. The summed E-state index contributed by atoms with van der Waals surface area (Å²) < 4.78 is 4.95. The second-order valence-electron chi connectivity index (χ2n) is 3.96. The van der Waals surface area contributed by atoms with Crippen molar-refractivity contribution in [1.82, 2.24) is 5.32 Å². The summed E-state index contributed by atoms with van der Waals surface area (Å²) in [6.07, 6.45) is 0.556. The summed E-state index contributed by atoms with van der Waals surface area (Å²) in [7, 11) is 1.66. The normalized spacial score (nSPS) is 13.0. The Labute approximate surface area is 80.8 Å². The molecule has 1 atom stereocenters. The van der Waals surface area contributed by atoms with E-state index >= 15 is 0 Å². The van der Waals surface area contributed by atoms with Gasteiger partial charge in [0.15, 0.2) is 0 Å². The fraction of sp³-hybridized carbons (Fsp3) is 0.900. The number of rotatable bonds is 6. The van der Waals surface area contributed by atoms with Gasteiger partial charge in [-0.15, -0.1) is 0 Å². The van der Waals surface area contributed by atoms with Crippen molar-refractivity contribution in [2.75, 3.05) is 20.3 Å². The van der Waals surface area contributed by atoms with Crippen molar-refractivity contribution >= 4 is 5.91 Å². The maximum atomic E-state index is 11.3. The lowest BCUT2D eigenvalue weighted by atomic mass is 10.1. The van der Waals surface area contributed by atoms with Gasteiger partial charge < -0.3 is 10.1 Å². The summed E-state index contributed by atoms with van der Waals surface area (Å²) in [4.78, 5) is 11.3. The smallest absolute Gasteiger partial charge is 0.220 e. The molecular formula is C10H21NO2. The molecule has 0 aliphatic carbocycles. The number of amides is 1.